The van der Waals surface area contributed by atoms with Crippen LogP contribution in [-0.4, -0.2) is 5.78 Å². The minimum absolute atomic E-state index is 0.135. The second kappa shape index (κ2) is 3.69. The number of hydrogen-bond donors (Lipinski definition) is 0. The Kier molecular flexibility index (Phi) is 2.81. The maximum atomic E-state index is 13.4. The van der Waals surface area contributed by atoms with Gasteiger partial charge in [-0.25, -0.2) is 4.39 Å². The standard InChI is InChI=1S/C11H13FO/c1-4-10(13)9-6-7(2)5-8(3)11(9)12/h5-6H,4H2,1-3H3. The third-order valence-corrected chi connectivity index (χ3v) is 2.02. The fraction of sp³-hybridized carbons (Fsp3) is 0.364. The molecule has 0 saturated heterocycles. The van der Waals surface area contributed by atoms with Crippen molar-refractivity contribution in [3.63, 3.8) is 0 Å². The van der Waals surface area contributed by atoms with Crippen LogP contribution < -0.4 is 0 Å². The van der Waals surface area contributed by atoms with Gasteiger partial charge >= 0.3 is 0 Å². The van der Waals surface area contributed by atoms with E-state index in [-0.39, 0.29) is 17.2 Å². The Labute approximate surface area is 77.6 Å². The first-order valence-electron chi connectivity index (χ1n) is 4.36. The van der Waals surface area contributed by atoms with Crippen LogP contribution in [0.4, 0.5) is 4.39 Å². The van der Waals surface area contributed by atoms with E-state index < -0.39 is 0 Å². The number of aryl methyl sites for hydroxylation is 2. The van der Waals surface area contributed by atoms with E-state index in [2.05, 4.69) is 0 Å². The molecule has 0 fully saturated rings. The Bertz CT molecular complexity index is 342. The van der Waals surface area contributed by atoms with Crippen molar-refractivity contribution in [2.24, 2.45) is 0 Å². The molecule has 1 nitrogen and oxygen atoms in total. The lowest BCUT2D eigenvalue weighted by Crippen LogP contribution is -2.02. The summed E-state index contributed by atoms with van der Waals surface area (Å²) in [4.78, 5) is 11.3. The summed E-state index contributed by atoms with van der Waals surface area (Å²) in [5.74, 6) is -0.512. The Morgan fingerprint density at radius 2 is 2.00 bits per heavy atom. The maximum absolute atomic E-state index is 13.4. The molecule has 0 N–H and O–H groups in total. The topological polar surface area (TPSA) is 17.1 Å². The van der Waals surface area contributed by atoms with Crippen LogP contribution in [-0.2, 0) is 0 Å². The van der Waals surface area contributed by atoms with Gasteiger partial charge in [0.05, 0.1) is 5.56 Å². The van der Waals surface area contributed by atoms with Crippen molar-refractivity contribution in [2.45, 2.75) is 27.2 Å². The van der Waals surface area contributed by atoms with Gasteiger partial charge in [-0.3, -0.25) is 4.79 Å². The molecule has 0 spiro atoms. The average Bonchev–Trinajstić information content (AvgIpc) is 2.10. The highest BCUT2D eigenvalue weighted by Gasteiger charge is 2.11. The fourth-order valence-corrected chi connectivity index (χ4v) is 1.34. The highest BCUT2D eigenvalue weighted by atomic mass is 19.1. The summed E-state index contributed by atoms with van der Waals surface area (Å²) < 4.78 is 13.4. The lowest BCUT2D eigenvalue weighted by Gasteiger charge is -2.04. The molecule has 0 aliphatic rings. The molecule has 0 saturated carbocycles. The largest absolute Gasteiger partial charge is 0.294 e. The summed E-state index contributed by atoms with van der Waals surface area (Å²) in [6, 6.07) is 3.34. The van der Waals surface area contributed by atoms with E-state index in [1.165, 1.54) is 0 Å². The van der Waals surface area contributed by atoms with Gasteiger partial charge in [0.1, 0.15) is 5.82 Å². The summed E-state index contributed by atoms with van der Waals surface area (Å²) in [6.07, 6.45) is 0.347. The molecule has 0 aliphatic carbocycles. The van der Waals surface area contributed by atoms with Gasteiger partial charge in [-0.1, -0.05) is 13.0 Å². The second-order valence-electron chi connectivity index (χ2n) is 3.22. The molecule has 1 aromatic rings. The SMILES string of the molecule is CCC(=O)c1cc(C)cc(C)c1F. The Morgan fingerprint density at radius 3 is 2.54 bits per heavy atom. The van der Waals surface area contributed by atoms with E-state index in [4.69, 9.17) is 0 Å². The van der Waals surface area contributed by atoms with Crippen molar-refractivity contribution in [3.8, 4) is 0 Å². The maximum Gasteiger partial charge on any atom is 0.165 e. The Balaban J connectivity index is 3.28. The third-order valence-electron chi connectivity index (χ3n) is 2.02. The zero-order chi connectivity index (χ0) is 10.0. The van der Waals surface area contributed by atoms with E-state index in [1.54, 1.807) is 26.0 Å². The van der Waals surface area contributed by atoms with Gasteiger partial charge in [0.2, 0.25) is 0 Å². The summed E-state index contributed by atoms with van der Waals surface area (Å²) in [5.41, 5.74) is 1.69. The van der Waals surface area contributed by atoms with Crippen molar-refractivity contribution >= 4 is 5.78 Å². The number of carbonyl (C=O) groups excluding carboxylic acids is 1. The highest BCUT2D eigenvalue weighted by molar-refractivity contribution is 5.96. The first kappa shape index (κ1) is 9.90. The monoisotopic (exact) mass is 180 g/mol. The van der Waals surface area contributed by atoms with Crippen LogP contribution in [0.3, 0.4) is 0 Å². The smallest absolute Gasteiger partial charge is 0.165 e. The number of ketones is 1. The molecule has 13 heavy (non-hydrogen) atoms. The first-order chi connectivity index (χ1) is 6.06. The summed E-state index contributed by atoms with van der Waals surface area (Å²) in [5, 5.41) is 0. The normalized spacial score (nSPS) is 10.2. The van der Waals surface area contributed by atoms with Gasteiger partial charge in [0.25, 0.3) is 0 Å². The zero-order valence-corrected chi connectivity index (χ0v) is 8.15. The van der Waals surface area contributed by atoms with Gasteiger partial charge in [-0.05, 0) is 31.0 Å². The van der Waals surface area contributed by atoms with Crippen LogP contribution in [0, 0.1) is 19.7 Å². The first-order valence-corrected chi connectivity index (χ1v) is 4.36. The van der Waals surface area contributed by atoms with Crippen molar-refractivity contribution in [2.75, 3.05) is 0 Å². The molecule has 0 heterocycles. The van der Waals surface area contributed by atoms with Gasteiger partial charge in [-0.15, -0.1) is 0 Å². The summed E-state index contributed by atoms with van der Waals surface area (Å²) in [7, 11) is 0. The minimum Gasteiger partial charge on any atom is -0.294 e. The van der Waals surface area contributed by atoms with Crippen LogP contribution in [0.25, 0.3) is 0 Å². The van der Waals surface area contributed by atoms with Crippen LogP contribution in [0.1, 0.15) is 34.8 Å². The lowest BCUT2D eigenvalue weighted by atomic mass is 10.0. The highest BCUT2D eigenvalue weighted by Crippen LogP contribution is 2.16. The zero-order valence-electron chi connectivity index (χ0n) is 8.15. The Morgan fingerprint density at radius 1 is 1.38 bits per heavy atom. The number of carbonyl (C=O) groups is 1. The van der Waals surface area contributed by atoms with Gasteiger partial charge in [0.15, 0.2) is 5.78 Å². The predicted molar refractivity (Wildman–Crippen MR) is 50.5 cm³/mol. The van der Waals surface area contributed by atoms with Crippen LogP contribution >= 0.6 is 0 Å². The molecule has 1 aromatic carbocycles. The average molecular weight is 180 g/mol. The quantitative estimate of drug-likeness (QED) is 0.639. The Hall–Kier alpha value is -1.18. The van der Waals surface area contributed by atoms with E-state index in [0.29, 0.717) is 12.0 Å². The molecule has 0 aliphatic heterocycles. The van der Waals surface area contributed by atoms with E-state index in [0.717, 1.165) is 5.56 Å². The van der Waals surface area contributed by atoms with Crippen molar-refractivity contribution in [1.29, 1.82) is 0 Å². The van der Waals surface area contributed by atoms with Crippen molar-refractivity contribution in [3.05, 3.63) is 34.6 Å². The minimum atomic E-state index is -0.377. The summed E-state index contributed by atoms with van der Waals surface area (Å²) >= 11 is 0. The molecular weight excluding hydrogens is 167 g/mol. The van der Waals surface area contributed by atoms with Gasteiger partial charge < -0.3 is 0 Å². The van der Waals surface area contributed by atoms with E-state index in [1.807, 2.05) is 6.92 Å². The van der Waals surface area contributed by atoms with E-state index in [9.17, 15) is 9.18 Å². The number of halogens is 1. The molecule has 0 amide bonds. The van der Waals surface area contributed by atoms with Gasteiger partial charge in [0, 0.05) is 6.42 Å². The molecule has 1 rings (SSSR count). The van der Waals surface area contributed by atoms with Gasteiger partial charge in [-0.2, -0.15) is 0 Å². The third kappa shape index (κ3) is 1.94. The molecule has 2 heteroatoms. The van der Waals surface area contributed by atoms with Crippen LogP contribution in [0.15, 0.2) is 12.1 Å². The van der Waals surface area contributed by atoms with E-state index >= 15 is 0 Å². The predicted octanol–water partition coefficient (Wildman–Crippen LogP) is 3.04. The molecule has 0 bridgehead atoms. The fourth-order valence-electron chi connectivity index (χ4n) is 1.34. The second-order valence-corrected chi connectivity index (χ2v) is 3.22. The molecule has 0 atom stereocenters. The molecule has 0 radical (unpaired) electrons. The molecule has 0 aromatic heterocycles. The number of Topliss-reactive ketones (excluding diaryl/α,β-unsaturated/α-hetero) is 1. The van der Waals surface area contributed by atoms with Crippen molar-refractivity contribution < 1.29 is 9.18 Å². The number of rotatable bonds is 2. The van der Waals surface area contributed by atoms with Crippen LogP contribution in [0.2, 0.25) is 0 Å². The number of benzene rings is 1. The molecule has 0 unspecified atom stereocenters. The summed E-state index contributed by atoms with van der Waals surface area (Å²) in [6.45, 7) is 5.27. The van der Waals surface area contributed by atoms with Crippen LogP contribution in [0.5, 0.6) is 0 Å². The molecule has 70 valence electrons. The molecular formula is C11H13FO. The van der Waals surface area contributed by atoms with Crippen molar-refractivity contribution in [1.82, 2.24) is 0 Å². The lowest BCUT2D eigenvalue weighted by molar-refractivity contribution is 0.0984. The number of hydrogen-bond acceptors (Lipinski definition) is 1.